The van der Waals surface area contributed by atoms with Crippen molar-refractivity contribution in [1.29, 1.82) is 0 Å². The van der Waals surface area contributed by atoms with Gasteiger partial charge in [0.15, 0.2) is 0 Å². The van der Waals surface area contributed by atoms with Crippen LogP contribution in [0.2, 0.25) is 30.1 Å². The van der Waals surface area contributed by atoms with Gasteiger partial charge in [0.2, 0.25) is 5.91 Å². The van der Waals surface area contributed by atoms with Crippen LogP contribution in [0.5, 0.6) is 0 Å². The number of carboxylic acids is 1. The fraction of sp³-hybridized carbons (Fsp3) is 0.125. The normalized spacial score (nSPS) is 11.6. The number of hydrogen-bond donors (Lipinski definition) is 3. The molecule has 0 aliphatic carbocycles. The van der Waals surface area contributed by atoms with E-state index in [9.17, 15) is 19.5 Å². The highest BCUT2D eigenvalue weighted by molar-refractivity contribution is 8.00. The Balaban J connectivity index is 1.81. The van der Waals surface area contributed by atoms with Crippen LogP contribution in [0.3, 0.4) is 0 Å². The van der Waals surface area contributed by atoms with Gasteiger partial charge in [0.05, 0.1) is 47.2 Å². The van der Waals surface area contributed by atoms with Crippen molar-refractivity contribution in [3.63, 3.8) is 0 Å². The number of halogens is 6. The van der Waals surface area contributed by atoms with Gasteiger partial charge in [0, 0.05) is 15.6 Å². The van der Waals surface area contributed by atoms with Gasteiger partial charge in [-0.15, -0.1) is 11.8 Å². The number of carbonyl (C=O) groups is 3. The molecule has 13 heteroatoms. The van der Waals surface area contributed by atoms with Gasteiger partial charge < -0.3 is 15.7 Å². The summed E-state index contributed by atoms with van der Waals surface area (Å²) in [6.45, 7) is 1.86. The van der Waals surface area contributed by atoms with Crippen LogP contribution < -0.4 is 10.6 Å². The Morgan fingerprint density at radius 1 is 0.865 bits per heavy atom. The van der Waals surface area contributed by atoms with Crippen LogP contribution in [0.1, 0.15) is 34.1 Å². The first-order chi connectivity index (χ1) is 17.4. The van der Waals surface area contributed by atoms with E-state index in [2.05, 4.69) is 10.6 Å². The lowest BCUT2D eigenvalue weighted by Gasteiger charge is -2.17. The summed E-state index contributed by atoms with van der Waals surface area (Å²) in [4.78, 5) is 38.3. The molecular weight excluding hydrogens is 625 g/mol. The fourth-order valence-electron chi connectivity index (χ4n) is 3.18. The molecular formula is C24H16Cl6N2O4S. The molecule has 194 valence electrons. The SMILES string of the molecule is CCC(Sc1cccc(NC(=O)c2c(Cl)c(Cl)c(Cl)c(Cl)c2C(=O)O)c1)C(=O)Nc1ccc(Cl)cc1Cl. The van der Waals surface area contributed by atoms with Crippen molar-refractivity contribution < 1.29 is 19.5 Å². The molecule has 37 heavy (non-hydrogen) atoms. The molecule has 0 saturated heterocycles. The van der Waals surface area contributed by atoms with Crippen LogP contribution in [-0.2, 0) is 4.79 Å². The van der Waals surface area contributed by atoms with E-state index in [1.165, 1.54) is 17.8 Å². The van der Waals surface area contributed by atoms with E-state index >= 15 is 0 Å². The second kappa shape index (κ2) is 12.8. The molecule has 0 aromatic heterocycles. The minimum absolute atomic E-state index is 0.245. The molecule has 2 amide bonds. The topological polar surface area (TPSA) is 95.5 Å². The number of anilines is 2. The minimum atomic E-state index is -1.50. The van der Waals surface area contributed by atoms with Gasteiger partial charge in [-0.25, -0.2) is 4.79 Å². The van der Waals surface area contributed by atoms with Crippen LogP contribution in [-0.4, -0.2) is 28.1 Å². The van der Waals surface area contributed by atoms with Gasteiger partial charge in [-0.2, -0.15) is 0 Å². The van der Waals surface area contributed by atoms with E-state index < -0.39 is 33.3 Å². The molecule has 3 aromatic carbocycles. The summed E-state index contributed by atoms with van der Waals surface area (Å²) in [6, 6.07) is 11.4. The van der Waals surface area contributed by atoms with Gasteiger partial charge >= 0.3 is 5.97 Å². The average Bonchev–Trinajstić information content (AvgIpc) is 2.84. The maximum absolute atomic E-state index is 13.0. The Hall–Kier alpha value is -1.84. The summed E-state index contributed by atoms with van der Waals surface area (Å²) in [7, 11) is 0. The smallest absolute Gasteiger partial charge is 0.338 e. The van der Waals surface area contributed by atoms with E-state index in [0.29, 0.717) is 32.7 Å². The largest absolute Gasteiger partial charge is 0.478 e. The Kier molecular flexibility index (Phi) is 10.3. The monoisotopic (exact) mass is 638 g/mol. The lowest BCUT2D eigenvalue weighted by atomic mass is 10.1. The van der Waals surface area contributed by atoms with Gasteiger partial charge in [-0.1, -0.05) is 82.6 Å². The summed E-state index contributed by atoms with van der Waals surface area (Å²) >= 11 is 37.5. The third kappa shape index (κ3) is 6.98. The first-order valence-electron chi connectivity index (χ1n) is 10.4. The van der Waals surface area contributed by atoms with Crippen LogP contribution in [0, 0.1) is 0 Å². The number of amides is 2. The molecule has 0 spiro atoms. The maximum Gasteiger partial charge on any atom is 0.338 e. The van der Waals surface area contributed by atoms with Gasteiger partial charge in [0.25, 0.3) is 5.91 Å². The molecule has 3 N–H and O–H groups in total. The van der Waals surface area contributed by atoms with Gasteiger partial charge in [-0.3, -0.25) is 9.59 Å². The summed E-state index contributed by atoms with van der Waals surface area (Å²) in [6.07, 6.45) is 0.498. The standard InChI is InChI=1S/C24H16Cl6N2O4S/c1-2-15(22(33)32-14-7-6-10(25)8-13(14)26)37-12-5-3-4-11(9-12)31-23(34)16-17(24(35)36)19(28)21(30)20(29)18(16)27/h3-9,15H,2H2,1H3,(H,31,34)(H,32,33)(H,35,36). The van der Waals surface area contributed by atoms with Crippen molar-refractivity contribution in [3.05, 3.63) is 83.7 Å². The molecule has 0 bridgehead atoms. The predicted octanol–water partition coefficient (Wildman–Crippen LogP) is 9.07. The second-order valence-electron chi connectivity index (χ2n) is 7.42. The van der Waals surface area contributed by atoms with Crippen LogP contribution in [0.4, 0.5) is 11.4 Å². The molecule has 0 saturated carbocycles. The number of carbonyl (C=O) groups excluding carboxylic acids is 2. The zero-order chi connectivity index (χ0) is 27.4. The molecule has 6 nitrogen and oxygen atoms in total. The highest BCUT2D eigenvalue weighted by Crippen LogP contribution is 2.42. The number of aromatic carboxylic acids is 1. The lowest BCUT2D eigenvalue weighted by Crippen LogP contribution is -2.24. The molecule has 0 heterocycles. The van der Waals surface area contributed by atoms with Crippen LogP contribution in [0.25, 0.3) is 0 Å². The van der Waals surface area contributed by atoms with Crippen molar-refractivity contribution >= 4 is 111 Å². The van der Waals surface area contributed by atoms with Crippen molar-refractivity contribution in [1.82, 2.24) is 0 Å². The molecule has 3 aromatic rings. The second-order valence-corrected chi connectivity index (χ2v) is 11.1. The highest BCUT2D eigenvalue weighted by atomic mass is 35.5. The summed E-state index contributed by atoms with van der Waals surface area (Å²) < 4.78 is 0. The highest BCUT2D eigenvalue weighted by Gasteiger charge is 2.29. The van der Waals surface area contributed by atoms with Crippen LogP contribution in [0.15, 0.2) is 47.4 Å². The third-order valence-corrected chi connectivity index (χ3v) is 8.64. The first-order valence-corrected chi connectivity index (χ1v) is 13.5. The Labute approximate surface area is 246 Å². The van der Waals surface area contributed by atoms with Crippen molar-refractivity contribution in [2.45, 2.75) is 23.5 Å². The summed E-state index contributed by atoms with van der Waals surface area (Å²) in [5.41, 5.74) is -0.256. The summed E-state index contributed by atoms with van der Waals surface area (Å²) in [5.74, 6) is -2.63. The predicted molar refractivity (Wildman–Crippen MR) is 153 cm³/mol. The van der Waals surface area contributed by atoms with Gasteiger partial charge in [-0.05, 0) is 42.8 Å². The maximum atomic E-state index is 13.0. The average molecular weight is 641 g/mol. The first kappa shape index (κ1) is 29.7. The minimum Gasteiger partial charge on any atom is -0.478 e. The Bertz CT molecular complexity index is 1400. The van der Waals surface area contributed by atoms with Crippen LogP contribution >= 0.6 is 81.4 Å². The molecule has 3 rings (SSSR count). The Morgan fingerprint density at radius 2 is 1.51 bits per heavy atom. The third-order valence-electron chi connectivity index (χ3n) is 4.93. The molecule has 0 aliphatic rings. The zero-order valence-corrected chi connectivity index (χ0v) is 24.0. The Morgan fingerprint density at radius 3 is 2.11 bits per heavy atom. The number of hydrogen-bond acceptors (Lipinski definition) is 4. The number of thioether (sulfide) groups is 1. The van der Waals surface area contributed by atoms with Crippen molar-refractivity contribution in [2.24, 2.45) is 0 Å². The molecule has 0 aliphatic heterocycles. The number of nitrogens with one attached hydrogen (secondary N) is 2. The zero-order valence-electron chi connectivity index (χ0n) is 18.7. The lowest BCUT2D eigenvalue weighted by molar-refractivity contribution is -0.115. The van der Waals surface area contributed by atoms with E-state index in [4.69, 9.17) is 69.6 Å². The number of rotatable bonds is 8. The molecule has 0 radical (unpaired) electrons. The molecule has 1 unspecified atom stereocenters. The molecule has 0 fully saturated rings. The number of carboxylic acid groups (broad SMARTS) is 1. The van der Waals surface area contributed by atoms with Crippen molar-refractivity contribution in [3.8, 4) is 0 Å². The molecule has 1 atom stereocenters. The van der Waals surface area contributed by atoms with Gasteiger partial charge in [0.1, 0.15) is 0 Å². The number of benzene rings is 3. The van der Waals surface area contributed by atoms with Crippen molar-refractivity contribution in [2.75, 3.05) is 10.6 Å². The fourth-order valence-corrected chi connectivity index (χ4v) is 5.67. The quantitative estimate of drug-likeness (QED) is 0.130. The van der Waals surface area contributed by atoms with E-state index in [1.54, 1.807) is 36.4 Å². The van der Waals surface area contributed by atoms with E-state index in [-0.39, 0.29) is 21.0 Å². The van der Waals surface area contributed by atoms with E-state index in [0.717, 1.165) is 0 Å². The summed E-state index contributed by atoms with van der Waals surface area (Å²) in [5, 5.41) is 14.0. The van der Waals surface area contributed by atoms with E-state index in [1.807, 2.05) is 6.92 Å².